The van der Waals surface area contributed by atoms with Gasteiger partial charge in [0, 0.05) is 11.8 Å². The highest BCUT2D eigenvalue weighted by Crippen LogP contribution is 2.14. The fourth-order valence-corrected chi connectivity index (χ4v) is 1.75. The molecule has 1 aliphatic rings. The minimum absolute atomic E-state index is 0.00978. The number of nitrogens with one attached hydrogen (secondary N) is 1. The van der Waals surface area contributed by atoms with Crippen LogP contribution in [0.25, 0.3) is 0 Å². The number of nitrogens with zero attached hydrogens (tertiary/aromatic N) is 1. The van der Waals surface area contributed by atoms with Crippen LogP contribution in [0.2, 0.25) is 0 Å². The molecule has 0 atom stereocenters. The minimum atomic E-state index is -0.472. The number of anilines is 1. The number of Topliss-reactive ketones (excluding diaryl/α,β-unsaturated/α-hetero) is 1. The molecule has 0 spiro atoms. The second kappa shape index (κ2) is 5.39. The average Bonchev–Trinajstić information content (AvgIpc) is 2.39. The third-order valence-corrected chi connectivity index (χ3v) is 2.72. The third-order valence-electron chi connectivity index (χ3n) is 2.72. The number of rotatable bonds is 4. The van der Waals surface area contributed by atoms with Gasteiger partial charge < -0.3 is 5.73 Å². The van der Waals surface area contributed by atoms with Crippen molar-refractivity contribution in [3.8, 4) is 0 Å². The lowest BCUT2D eigenvalue weighted by atomic mass is 10.1. The van der Waals surface area contributed by atoms with Crippen molar-refractivity contribution in [3.63, 3.8) is 0 Å². The van der Waals surface area contributed by atoms with E-state index in [0.29, 0.717) is 17.7 Å². The molecule has 0 bridgehead atoms. The minimum Gasteiger partial charge on any atom is -0.366 e. The molecule has 0 aromatic heterocycles. The highest BCUT2D eigenvalue weighted by Gasteiger charge is 2.09. The summed E-state index contributed by atoms with van der Waals surface area (Å²) in [5.41, 5.74) is 10.2. The molecule has 1 aliphatic heterocycles. The highest BCUT2D eigenvalue weighted by molar-refractivity contribution is 5.95. The van der Waals surface area contributed by atoms with Gasteiger partial charge in [0.15, 0.2) is 5.78 Å². The summed E-state index contributed by atoms with van der Waals surface area (Å²) in [5.74, 6) is -0.462. The van der Waals surface area contributed by atoms with Gasteiger partial charge in [0.05, 0.1) is 17.8 Å². The topological polar surface area (TPSA) is 75.4 Å². The molecule has 0 saturated heterocycles. The first-order valence-electron chi connectivity index (χ1n) is 5.89. The van der Waals surface area contributed by atoms with E-state index >= 15 is 0 Å². The molecule has 5 heteroatoms. The second-order valence-electron chi connectivity index (χ2n) is 4.25. The zero-order valence-corrected chi connectivity index (χ0v) is 10.6. The van der Waals surface area contributed by atoms with Gasteiger partial charge in [-0.15, -0.1) is 0 Å². The van der Waals surface area contributed by atoms with E-state index in [4.69, 9.17) is 5.73 Å². The van der Waals surface area contributed by atoms with E-state index < -0.39 is 5.91 Å². The van der Waals surface area contributed by atoms with Crippen LogP contribution >= 0.6 is 0 Å². The SMILES string of the molecule is CC(=O)c1cccc(NN2C=C(C(N)=O)C=CC2)c1. The Hall–Kier alpha value is -2.56. The first kappa shape index (κ1) is 12.9. The van der Waals surface area contributed by atoms with Crippen LogP contribution < -0.4 is 11.2 Å². The van der Waals surface area contributed by atoms with Crippen LogP contribution in [0.5, 0.6) is 0 Å². The molecule has 5 nitrogen and oxygen atoms in total. The molecule has 0 saturated carbocycles. The fraction of sp³-hybridized carbons (Fsp3) is 0.143. The molecule has 98 valence electrons. The van der Waals surface area contributed by atoms with E-state index in [1.165, 1.54) is 6.92 Å². The molecule has 1 heterocycles. The van der Waals surface area contributed by atoms with E-state index in [1.807, 2.05) is 12.1 Å². The number of hydrazine groups is 1. The van der Waals surface area contributed by atoms with Crippen molar-refractivity contribution in [3.05, 3.63) is 53.8 Å². The lowest BCUT2D eigenvalue weighted by Crippen LogP contribution is -2.29. The van der Waals surface area contributed by atoms with Crippen molar-refractivity contribution in [2.75, 3.05) is 12.0 Å². The van der Waals surface area contributed by atoms with Crippen LogP contribution in [-0.2, 0) is 4.79 Å². The Labute approximate surface area is 111 Å². The number of hydrogen-bond acceptors (Lipinski definition) is 4. The second-order valence-corrected chi connectivity index (χ2v) is 4.25. The summed E-state index contributed by atoms with van der Waals surface area (Å²) in [6.45, 7) is 2.13. The smallest absolute Gasteiger partial charge is 0.250 e. The quantitative estimate of drug-likeness (QED) is 0.801. The van der Waals surface area contributed by atoms with Gasteiger partial charge >= 0.3 is 0 Å². The van der Waals surface area contributed by atoms with Gasteiger partial charge in [0.25, 0.3) is 0 Å². The maximum Gasteiger partial charge on any atom is 0.250 e. The van der Waals surface area contributed by atoms with Crippen molar-refractivity contribution in [1.29, 1.82) is 0 Å². The maximum atomic E-state index is 11.3. The van der Waals surface area contributed by atoms with E-state index in [2.05, 4.69) is 5.43 Å². The van der Waals surface area contributed by atoms with Crippen LogP contribution in [0.3, 0.4) is 0 Å². The van der Waals surface area contributed by atoms with E-state index in [0.717, 1.165) is 5.69 Å². The molecule has 0 unspecified atom stereocenters. The lowest BCUT2D eigenvalue weighted by Gasteiger charge is -2.24. The number of carbonyl (C=O) groups excluding carboxylic acids is 2. The first-order chi connectivity index (χ1) is 9.06. The average molecular weight is 257 g/mol. The Balaban J connectivity index is 2.14. The van der Waals surface area contributed by atoms with Crippen LogP contribution in [0, 0.1) is 0 Å². The molecular weight excluding hydrogens is 242 g/mol. The van der Waals surface area contributed by atoms with Gasteiger partial charge in [-0.05, 0) is 19.1 Å². The summed E-state index contributed by atoms with van der Waals surface area (Å²) < 4.78 is 0. The van der Waals surface area contributed by atoms with Crippen LogP contribution in [0.1, 0.15) is 17.3 Å². The Morgan fingerprint density at radius 3 is 2.84 bits per heavy atom. The van der Waals surface area contributed by atoms with E-state index in [1.54, 1.807) is 35.5 Å². The standard InChI is InChI=1S/C14H15N3O2/c1-10(18)11-4-2-6-13(8-11)16-17-7-3-5-12(9-17)14(15)19/h2-6,8-9,16H,7H2,1H3,(H2,15,19). The Kier molecular flexibility index (Phi) is 3.66. The predicted molar refractivity (Wildman–Crippen MR) is 73.2 cm³/mol. The summed E-state index contributed by atoms with van der Waals surface area (Å²) in [7, 11) is 0. The van der Waals surface area contributed by atoms with E-state index in [-0.39, 0.29) is 5.78 Å². The summed E-state index contributed by atoms with van der Waals surface area (Å²) in [4.78, 5) is 22.4. The third kappa shape index (κ3) is 3.22. The lowest BCUT2D eigenvalue weighted by molar-refractivity contribution is -0.114. The number of ketones is 1. The van der Waals surface area contributed by atoms with Gasteiger partial charge in [-0.1, -0.05) is 24.3 Å². The molecule has 0 aliphatic carbocycles. The van der Waals surface area contributed by atoms with Crippen molar-refractivity contribution in [2.24, 2.45) is 5.73 Å². The fourth-order valence-electron chi connectivity index (χ4n) is 1.75. The number of benzene rings is 1. The van der Waals surface area contributed by atoms with Crippen molar-refractivity contribution >= 4 is 17.4 Å². The first-order valence-corrected chi connectivity index (χ1v) is 5.89. The van der Waals surface area contributed by atoms with Crippen molar-refractivity contribution < 1.29 is 9.59 Å². The van der Waals surface area contributed by atoms with Gasteiger partial charge in [-0.3, -0.25) is 20.0 Å². The number of carbonyl (C=O) groups is 2. The summed E-state index contributed by atoms with van der Waals surface area (Å²) in [6.07, 6.45) is 5.16. The Morgan fingerprint density at radius 1 is 1.37 bits per heavy atom. The number of nitrogens with two attached hydrogens (primary N) is 1. The largest absolute Gasteiger partial charge is 0.366 e. The Morgan fingerprint density at radius 2 is 2.16 bits per heavy atom. The molecule has 3 N–H and O–H groups in total. The van der Waals surface area contributed by atoms with Crippen molar-refractivity contribution in [2.45, 2.75) is 6.92 Å². The Bertz CT molecular complexity index is 576. The molecule has 1 aromatic rings. The molecule has 1 amide bonds. The zero-order chi connectivity index (χ0) is 13.8. The highest BCUT2D eigenvalue weighted by atomic mass is 16.1. The predicted octanol–water partition coefficient (Wildman–Crippen LogP) is 1.46. The van der Waals surface area contributed by atoms with Crippen LogP contribution in [0.4, 0.5) is 5.69 Å². The van der Waals surface area contributed by atoms with Gasteiger partial charge in [-0.2, -0.15) is 0 Å². The molecular formula is C14H15N3O2. The summed E-state index contributed by atoms with van der Waals surface area (Å²) in [5, 5.41) is 1.74. The number of primary amides is 1. The van der Waals surface area contributed by atoms with Crippen LogP contribution in [0.15, 0.2) is 48.2 Å². The normalized spacial score (nSPS) is 13.9. The van der Waals surface area contributed by atoms with Gasteiger partial charge in [-0.25, -0.2) is 0 Å². The number of amides is 1. The molecule has 19 heavy (non-hydrogen) atoms. The van der Waals surface area contributed by atoms with Crippen molar-refractivity contribution in [1.82, 2.24) is 5.01 Å². The van der Waals surface area contributed by atoms with Gasteiger partial charge in [0.2, 0.25) is 5.91 Å². The summed E-state index contributed by atoms with van der Waals surface area (Å²) >= 11 is 0. The zero-order valence-electron chi connectivity index (χ0n) is 10.6. The van der Waals surface area contributed by atoms with Crippen LogP contribution in [-0.4, -0.2) is 23.2 Å². The molecule has 1 aromatic carbocycles. The summed E-state index contributed by atoms with van der Waals surface area (Å²) in [6, 6.07) is 7.17. The monoisotopic (exact) mass is 257 g/mol. The van der Waals surface area contributed by atoms with Gasteiger partial charge in [0.1, 0.15) is 0 Å². The molecule has 2 rings (SSSR count). The molecule has 0 radical (unpaired) electrons. The van der Waals surface area contributed by atoms with E-state index in [9.17, 15) is 9.59 Å². The number of hydrogen-bond donors (Lipinski definition) is 2. The maximum absolute atomic E-state index is 11.3. The molecule has 0 fully saturated rings.